The number of benzene rings is 3. The fraction of sp³-hybridized carbons (Fsp3) is 0.192. The normalized spacial score (nSPS) is 10.5. The number of amides is 1. The molecular weight excluding hydrogens is 438 g/mol. The molecule has 0 aliphatic carbocycles. The second kappa shape index (κ2) is 11.5. The van der Waals surface area contributed by atoms with Gasteiger partial charge in [0, 0.05) is 0 Å². The fourth-order valence-corrected chi connectivity index (χ4v) is 3.20. The van der Waals surface area contributed by atoms with Crippen LogP contribution in [0.5, 0.6) is 34.5 Å². The maximum Gasteiger partial charge on any atom is 0.417 e. The number of carbonyl (C=O) groups is 1. The Morgan fingerprint density at radius 1 is 0.647 bits per heavy atom. The minimum absolute atomic E-state index is 0.385. The average Bonchev–Trinajstić information content (AvgIpc) is 2.87. The Kier molecular flexibility index (Phi) is 8.23. The highest BCUT2D eigenvalue weighted by Crippen LogP contribution is 2.38. The Hall–Kier alpha value is -4.33. The van der Waals surface area contributed by atoms with E-state index in [4.69, 9.17) is 28.4 Å². The smallest absolute Gasteiger partial charge is 0.417 e. The van der Waals surface area contributed by atoms with Crippen molar-refractivity contribution in [2.24, 2.45) is 0 Å². The third-order valence-corrected chi connectivity index (χ3v) is 4.89. The number of rotatable bonds is 9. The van der Waals surface area contributed by atoms with Crippen LogP contribution in [0.2, 0.25) is 0 Å². The fourth-order valence-electron chi connectivity index (χ4n) is 3.20. The molecule has 0 aliphatic rings. The molecule has 0 saturated carbocycles. The van der Waals surface area contributed by atoms with Gasteiger partial charge in [-0.3, -0.25) is 5.32 Å². The van der Waals surface area contributed by atoms with Crippen molar-refractivity contribution in [2.75, 3.05) is 40.9 Å². The van der Waals surface area contributed by atoms with Gasteiger partial charge in [0.05, 0.1) is 41.2 Å². The minimum atomic E-state index is -0.644. The highest BCUT2D eigenvalue weighted by atomic mass is 16.6. The van der Waals surface area contributed by atoms with Crippen molar-refractivity contribution in [1.82, 2.24) is 0 Å². The van der Waals surface area contributed by atoms with E-state index in [-0.39, 0.29) is 0 Å². The summed E-state index contributed by atoms with van der Waals surface area (Å²) < 4.78 is 32.0. The van der Waals surface area contributed by atoms with Crippen LogP contribution in [0.4, 0.5) is 10.5 Å². The number of hydrogen-bond donors (Lipinski definition) is 1. The van der Waals surface area contributed by atoms with E-state index in [2.05, 4.69) is 5.32 Å². The third kappa shape index (κ3) is 5.92. The van der Waals surface area contributed by atoms with E-state index in [1.165, 1.54) is 7.11 Å². The average molecular weight is 466 g/mol. The van der Waals surface area contributed by atoms with Crippen LogP contribution in [0, 0.1) is 0 Å². The van der Waals surface area contributed by atoms with Crippen LogP contribution in [0.15, 0.2) is 54.6 Å². The molecule has 0 fully saturated rings. The van der Waals surface area contributed by atoms with E-state index in [0.717, 1.165) is 11.1 Å². The summed E-state index contributed by atoms with van der Waals surface area (Å²) in [5.74, 6) is 3.18. The van der Waals surface area contributed by atoms with Crippen molar-refractivity contribution in [1.29, 1.82) is 0 Å². The topological polar surface area (TPSA) is 84.5 Å². The number of carbonyl (C=O) groups excluding carboxylic acids is 1. The molecule has 0 bridgehead atoms. The van der Waals surface area contributed by atoms with Crippen LogP contribution in [-0.4, -0.2) is 41.6 Å². The van der Waals surface area contributed by atoms with E-state index >= 15 is 0 Å². The van der Waals surface area contributed by atoms with Gasteiger partial charge in [0.15, 0.2) is 11.5 Å². The zero-order valence-electron chi connectivity index (χ0n) is 19.7. The zero-order chi connectivity index (χ0) is 24.5. The van der Waals surface area contributed by atoms with Gasteiger partial charge in [0.25, 0.3) is 0 Å². The molecular formula is C26H27NO7. The van der Waals surface area contributed by atoms with Crippen molar-refractivity contribution in [3.8, 4) is 34.5 Å². The van der Waals surface area contributed by atoms with E-state index in [0.29, 0.717) is 40.2 Å². The first-order valence-corrected chi connectivity index (χ1v) is 10.3. The van der Waals surface area contributed by atoms with Crippen LogP contribution >= 0.6 is 0 Å². The first kappa shape index (κ1) is 24.3. The SMILES string of the molecule is COc1ccc(OC(=O)Nc2cc(/C=C\c3cc(OC)c(OC)c(OC)c3)ccc2OC)cc1. The van der Waals surface area contributed by atoms with Gasteiger partial charge in [0.2, 0.25) is 5.75 Å². The van der Waals surface area contributed by atoms with Crippen LogP contribution in [0.25, 0.3) is 12.2 Å². The molecule has 0 spiro atoms. The first-order valence-electron chi connectivity index (χ1n) is 10.3. The Morgan fingerprint density at radius 3 is 1.79 bits per heavy atom. The molecule has 3 rings (SSSR count). The van der Waals surface area contributed by atoms with Gasteiger partial charge in [-0.25, -0.2) is 4.79 Å². The molecule has 0 aliphatic heterocycles. The number of nitrogens with one attached hydrogen (secondary N) is 1. The van der Waals surface area contributed by atoms with Crippen LogP contribution < -0.4 is 33.7 Å². The van der Waals surface area contributed by atoms with E-state index in [9.17, 15) is 4.79 Å². The van der Waals surface area contributed by atoms with E-state index in [1.807, 2.05) is 30.4 Å². The van der Waals surface area contributed by atoms with Crippen molar-refractivity contribution in [3.63, 3.8) is 0 Å². The van der Waals surface area contributed by atoms with E-state index in [1.54, 1.807) is 64.8 Å². The Balaban J connectivity index is 1.79. The highest BCUT2D eigenvalue weighted by molar-refractivity contribution is 5.89. The van der Waals surface area contributed by atoms with Gasteiger partial charge >= 0.3 is 6.09 Å². The van der Waals surface area contributed by atoms with Gasteiger partial charge in [-0.1, -0.05) is 18.2 Å². The Bertz CT molecular complexity index is 1130. The van der Waals surface area contributed by atoms with Gasteiger partial charge in [0.1, 0.15) is 17.2 Å². The minimum Gasteiger partial charge on any atom is -0.497 e. The first-order chi connectivity index (χ1) is 16.5. The summed E-state index contributed by atoms with van der Waals surface area (Å²) in [5, 5.41) is 2.72. The molecule has 0 unspecified atom stereocenters. The summed E-state index contributed by atoms with van der Waals surface area (Å²) in [7, 11) is 7.79. The van der Waals surface area contributed by atoms with Crippen molar-refractivity contribution >= 4 is 23.9 Å². The lowest BCUT2D eigenvalue weighted by Crippen LogP contribution is -2.17. The molecule has 34 heavy (non-hydrogen) atoms. The summed E-state index contributed by atoms with van der Waals surface area (Å²) in [5.41, 5.74) is 2.14. The van der Waals surface area contributed by atoms with E-state index < -0.39 is 6.09 Å². The highest BCUT2D eigenvalue weighted by Gasteiger charge is 2.13. The molecule has 0 radical (unpaired) electrons. The maximum atomic E-state index is 12.4. The van der Waals surface area contributed by atoms with Gasteiger partial charge < -0.3 is 28.4 Å². The third-order valence-electron chi connectivity index (χ3n) is 4.89. The zero-order valence-corrected chi connectivity index (χ0v) is 19.7. The van der Waals surface area contributed by atoms with Crippen LogP contribution in [0.1, 0.15) is 11.1 Å². The van der Waals surface area contributed by atoms with Crippen molar-refractivity contribution < 1.29 is 33.2 Å². The maximum absolute atomic E-state index is 12.4. The second-order valence-corrected chi connectivity index (χ2v) is 6.94. The molecule has 1 N–H and O–H groups in total. The number of hydrogen-bond acceptors (Lipinski definition) is 7. The molecule has 0 aromatic heterocycles. The lowest BCUT2D eigenvalue weighted by Gasteiger charge is -2.13. The summed E-state index contributed by atoms with van der Waals surface area (Å²) >= 11 is 0. The lowest BCUT2D eigenvalue weighted by atomic mass is 10.1. The molecule has 8 nitrogen and oxygen atoms in total. The summed E-state index contributed by atoms with van der Waals surface area (Å²) in [6, 6.07) is 15.8. The molecule has 0 atom stereocenters. The molecule has 0 saturated heterocycles. The van der Waals surface area contributed by atoms with Gasteiger partial charge in [-0.05, 0) is 59.7 Å². The standard InChI is InChI=1S/C26H27NO7/c1-29-19-9-11-20(12-10-19)34-26(28)27-21-14-17(8-13-22(21)30-2)6-7-18-15-23(31-3)25(33-5)24(16-18)32-4/h6-16H,1-5H3,(H,27,28)/b7-6-. The largest absolute Gasteiger partial charge is 0.497 e. The quantitative estimate of drug-likeness (QED) is 0.417. The molecule has 0 heterocycles. The van der Waals surface area contributed by atoms with Crippen LogP contribution in [-0.2, 0) is 0 Å². The Morgan fingerprint density at radius 2 is 1.24 bits per heavy atom. The van der Waals surface area contributed by atoms with Crippen LogP contribution in [0.3, 0.4) is 0 Å². The molecule has 1 amide bonds. The molecule has 8 heteroatoms. The second-order valence-electron chi connectivity index (χ2n) is 6.94. The lowest BCUT2D eigenvalue weighted by molar-refractivity contribution is 0.215. The Labute approximate surface area is 198 Å². The van der Waals surface area contributed by atoms with Crippen molar-refractivity contribution in [2.45, 2.75) is 0 Å². The number of methoxy groups -OCH3 is 5. The van der Waals surface area contributed by atoms with Crippen molar-refractivity contribution in [3.05, 3.63) is 65.7 Å². The monoisotopic (exact) mass is 465 g/mol. The predicted octanol–water partition coefficient (Wildman–Crippen LogP) is 5.51. The molecule has 3 aromatic carbocycles. The number of anilines is 1. The number of ether oxygens (including phenoxy) is 6. The summed E-state index contributed by atoms with van der Waals surface area (Å²) in [4.78, 5) is 12.4. The summed E-state index contributed by atoms with van der Waals surface area (Å²) in [6.45, 7) is 0. The predicted molar refractivity (Wildman–Crippen MR) is 131 cm³/mol. The van der Waals surface area contributed by atoms with Gasteiger partial charge in [-0.2, -0.15) is 0 Å². The summed E-state index contributed by atoms with van der Waals surface area (Å²) in [6.07, 6.45) is 3.14. The van der Waals surface area contributed by atoms with Gasteiger partial charge in [-0.15, -0.1) is 0 Å². The molecule has 3 aromatic rings. The molecule has 178 valence electrons.